The summed E-state index contributed by atoms with van der Waals surface area (Å²) < 4.78 is 41.8. The maximum Gasteiger partial charge on any atom is 0.471 e. The van der Waals surface area contributed by atoms with Gasteiger partial charge in [-0.15, -0.1) is 0 Å². The van der Waals surface area contributed by atoms with E-state index in [1.54, 1.807) is 30.2 Å². The van der Waals surface area contributed by atoms with Gasteiger partial charge in [0.15, 0.2) is 0 Å². The van der Waals surface area contributed by atoms with Crippen molar-refractivity contribution in [2.75, 3.05) is 20.2 Å². The number of nitrogens with one attached hydrogen (secondary N) is 1. The SMILES string of the molecule is COc1cccc(CC(=O)N2CCC(NC(=O)C(F)(F)F)CC2)c1. The normalized spacial score (nSPS) is 15.9. The highest BCUT2D eigenvalue weighted by Gasteiger charge is 2.40. The number of likely N-dealkylation sites (tertiary alicyclic amines) is 1. The maximum absolute atomic E-state index is 12.3. The average molecular weight is 344 g/mol. The first-order valence-corrected chi connectivity index (χ1v) is 7.58. The molecule has 1 fully saturated rings. The van der Waals surface area contributed by atoms with Crippen molar-refractivity contribution in [1.29, 1.82) is 0 Å². The lowest BCUT2D eigenvalue weighted by molar-refractivity contribution is -0.174. The number of amides is 2. The number of ether oxygens (including phenoxy) is 1. The van der Waals surface area contributed by atoms with Gasteiger partial charge in [0.1, 0.15) is 5.75 Å². The van der Waals surface area contributed by atoms with E-state index in [4.69, 9.17) is 4.74 Å². The van der Waals surface area contributed by atoms with Gasteiger partial charge in [-0.1, -0.05) is 12.1 Å². The van der Waals surface area contributed by atoms with Gasteiger partial charge in [0, 0.05) is 19.1 Å². The Bertz CT molecular complexity index is 596. The first-order valence-electron chi connectivity index (χ1n) is 7.58. The van der Waals surface area contributed by atoms with Gasteiger partial charge in [0.25, 0.3) is 0 Å². The quantitative estimate of drug-likeness (QED) is 0.908. The first kappa shape index (κ1) is 18.1. The van der Waals surface area contributed by atoms with Crippen LogP contribution in [0.15, 0.2) is 24.3 Å². The minimum absolute atomic E-state index is 0.0937. The number of carbonyl (C=O) groups excluding carboxylic acids is 2. The molecule has 8 heteroatoms. The van der Waals surface area contributed by atoms with Crippen molar-refractivity contribution in [1.82, 2.24) is 10.2 Å². The van der Waals surface area contributed by atoms with Gasteiger partial charge in [-0.2, -0.15) is 13.2 Å². The minimum atomic E-state index is -4.88. The van der Waals surface area contributed by atoms with E-state index in [9.17, 15) is 22.8 Å². The summed E-state index contributed by atoms with van der Waals surface area (Å²) in [7, 11) is 1.54. The molecule has 0 radical (unpaired) electrons. The number of hydrogen-bond acceptors (Lipinski definition) is 3. The molecule has 0 saturated carbocycles. The van der Waals surface area contributed by atoms with Crippen molar-refractivity contribution in [3.63, 3.8) is 0 Å². The predicted molar refractivity (Wildman–Crippen MR) is 80.5 cm³/mol. The number of alkyl halides is 3. The monoisotopic (exact) mass is 344 g/mol. The molecule has 0 aromatic heterocycles. The number of carbonyl (C=O) groups is 2. The molecule has 1 aliphatic rings. The smallest absolute Gasteiger partial charge is 0.471 e. The highest BCUT2D eigenvalue weighted by atomic mass is 19.4. The van der Waals surface area contributed by atoms with Crippen LogP contribution in [0.2, 0.25) is 0 Å². The van der Waals surface area contributed by atoms with Gasteiger partial charge in [0.2, 0.25) is 5.91 Å². The molecule has 0 spiro atoms. The Balaban J connectivity index is 1.83. The van der Waals surface area contributed by atoms with Crippen molar-refractivity contribution < 1.29 is 27.5 Å². The number of hydrogen-bond donors (Lipinski definition) is 1. The molecule has 1 aliphatic heterocycles. The molecular weight excluding hydrogens is 325 g/mol. The fourth-order valence-corrected chi connectivity index (χ4v) is 2.61. The molecule has 1 N–H and O–H groups in total. The van der Waals surface area contributed by atoms with E-state index in [0.29, 0.717) is 31.7 Å². The van der Waals surface area contributed by atoms with Crippen LogP contribution in [-0.2, 0) is 16.0 Å². The highest BCUT2D eigenvalue weighted by Crippen LogP contribution is 2.18. The van der Waals surface area contributed by atoms with Gasteiger partial charge in [-0.05, 0) is 30.5 Å². The molecular formula is C16H19F3N2O3. The van der Waals surface area contributed by atoms with Gasteiger partial charge in [0.05, 0.1) is 13.5 Å². The van der Waals surface area contributed by atoms with Crippen molar-refractivity contribution >= 4 is 11.8 Å². The minimum Gasteiger partial charge on any atom is -0.497 e. The van der Waals surface area contributed by atoms with E-state index in [1.165, 1.54) is 0 Å². The summed E-state index contributed by atoms with van der Waals surface area (Å²) in [6.45, 7) is 0.650. The molecule has 0 atom stereocenters. The molecule has 5 nitrogen and oxygen atoms in total. The zero-order valence-electron chi connectivity index (χ0n) is 13.2. The molecule has 2 rings (SSSR count). The van der Waals surface area contributed by atoms with E-state index >= 15 is 0 Å². The Morgan fingerprint density at radius 1 is 1.29 bits per heavy atom. The van der Waals surface area contributed by atoms with E-state index in [2.05, 4.69) is 0 Å². The molecule has 0 bridgehead atoms. The number of nitrogens with zero attached hydrogens (tertiary/aromatic N) is 1. The van der Waals surface area contributed by atoms with Crippen LogP contribution in [0.3, 0.4) is 0 Å². The fraction of sp³-hybridized carbons (Fsp3) is 0.500. The second kappa shape index (κ2) is 7.55. The average Bonchev–Trinajstić information content (AvgIpc) is 2.54. The third kappa shape index (κ3) is 4.87. The van der Waals surface area contributed by atoms with Crippen molar-refractivity contribution in [2.24, 2.45) is 0 Å². The molecule has 132 valence electrons. The lowest BCUT2D eigenvalue weighted by Gasteiger charge is -2.32. The Kier molecular flexibility index (Phi) is 5.69. The van der Waals surface area contributed by atoms with Crippen LogP contribution in [-0.4, -0.2) is 49.1 Å². The number of rotatable bonds is 4. The fourth-order valence-electron chi connectivity index (χ4n) is 2.61. The van der Waals surface area contributed by atoms with Crippen molar-refractivity contribution in [3.8, 4) is 5.75 Å². The molecule has 1 saturated heterocycles. The predicted octanol–water partition coefficient (Wildman–Crippen LogP) is 1.91. The first-order chi connectivity index (χ1) is 11.3. The maximum atomic E-state index is 12.3. The summed E-state index contributed by atoms with van der Waals surface area (Å²) >= 11 is 0. The van der Waals surface area contributed by atoms with Crippen LogP contribution in [0.5, 0.6) is 5.75 Å². The lowest BCUT2D eigenvalue weighted by atomic mass is 10.0. The molecule has 1 aromatic rings. The second-order valence-corrected chi connectivity index (χ2v) is 5.65. The van der Waals surface area contributed by atoms with E-state index < -0.39 is 18.1 Å². The molecule has 0 aliphatic carbocycles. The standard InChI is InChI=1S/C16H19F3N2O3/c1-24-13-4-2-3-11(9-13)10-14(22)21-7-5-12(6-8-21)20-15(23)16(17,18)19/h2-4,9,12H,5-8,10H2,1H3,(H,20,23). The van der Waals surface area contributed by atoms with E-state index in [0.717, 1.165) is 5.56 Å². The summed E-state index contributed by atoms with van der Waals surface area (Å²) in [4.78, 5) is 24.8. The Hall–Kier alpha value is -2.25. The molecule has 1 heterocycles. The zero-order valence-corrected chi connectivity index (χ0v) is 13.2. The summed E-state index contributed by atoms with van der Waals surface area (Å²) in [6.07, 6.45) is -4.05. The molecule has 24 heavy (non-hydrogen) atoms. The van der Waals surface area contributed by atoms with E-state index in [1.807, 2.05) is 11.4 Å². The van der Waals surface area contributed by atoms with Crippen LogP contribution in [0.25, 0.3) is 0 Å². The Morgan fingerprint density at radius 2 is 1.96 bits per heavy atom. The van der Waals surface area contributed by atoms with Crippen LogP contribution in [0.4, 0.5) is 13.2 Å². The highest BCUT2D eigenvalue weighted by molar-refractivity contribution is 5.82. The molecule has 0 unspecified atom stereocenters. The summed E-state index contributed by atoms with van der Waals surface area (Å²) in [5, 5.41) is 1.96. The van der Waals surface area contributed by atoms with Gasteiger partial charge < -0.3 is 15.0 Å². The largest absolute Gasteiger partial charge is 0.497 e. The second-order valence-electron chi connectivity index (χ2n) is 5.65. The summed E-state index contributed by atoms with van der Waals surface area (Å²) in [5.74, 6) is -1.36. The molecule has 2 amide bonds. The number of methoxy groups -OCH3 is 1. The lowest BCUT2D eigenvalue weighted by Crippen LogP contribution is -2.49. The zero-order chi connectivity index (χ0) is 17.7. The summed E-state index contributed by atoms with van der Waals surface area (Å²) in [6, 6.07) is 6.61. The third-order valence-electron chi connectivity index (χ3n) is 3.93. The van der Waals surface area contributed by atoms with Crippen molar-refractivity contribution in [2.45, 2.75) is 31.5 Å². The number of halogens is 3. The Morgan fingerprint density at radius 3 is 2.54 bits per heavy atom. The number of piperidine rings is 1. The third-order valence-corrected chi connectivity index (χ3v) is 3.93. The van der Waals surface area contributed by atoms with Crippen LogP contribution in [0, 0.1) is 0 Å². The molecule has 1 aromatic carbocycles. The number of benzene rings is 1. The van der Waals surface area contributed by atoms with E-state index in [-0.39, 0.29) is 12.3 Å². The topological polar surface area (TPSA) is 58.6 Å². The van der Waals surface area contributed by atoms with Crippen LogP contribution < -0.4 is 10.1 Å². The van der Waals surface area contributed by atoms with Gasteiger partial charge in [-0.3, -0.25) is 9.59 Å². The van der Waals surface area contributed by atoms with Crippen LogP contribution in [0.1, 0.15) is 18.4 Å². The Labute approximate surface area is 137 Å². The van der Waals surface area contributed by atoms with Gasteiger partial charge in [-0.25, -0.2) is 0 Å². The van der Waals surface area contributed by atoms with Gasteiger partial charge >= 0.3 is 12.1 Å². The summed E-state index contributed by atoms with van der Waals surface area (Å²) in [5.41, 5.74) is 0.812. The van der Waals surface area contributed by atoms with Crippen LogP contribution >= 0.6 is 0 Å². The van der Waals surface area contributed by atoms with Crippen molar-refractivity contribution in [3.05, 3.63) is 29.8 Å².